The molecule has 0 aliphatic heterocycles. The molecule has 1 aromatic carbocycles. The summed E-state index contributed by atoms with van der Waals surface area (Å²) in [4.78, 5) is 28.1. The number of nitrogen functional groups attached to an aromatic ring is 1. The van der Waals surface area contributed by atoms with Crippen molar-refractivity contribution in [2.75, 3.05) is 11.1 Å². The molecule has 0 bridgehead atoms. The van der Waals surface area contributed by atoms with Gasteiger partial charge in [0, 0.05) is 11.9 Å². The maximum atomic E-state index is 12.1. The number of nitrogens with one attached hydrogen (secondary N) is 1. The van der Waals surface area contributed by atoms with Crippen molar-refractivity contribution in [2.24, 2.45) is 0 Å². The zero-order valence-electron chi connectivity index (χ0n) is 12.7. The molecule has 0 unspecified atom stereocenters. The first kappa shape index (κ1) is 16.8. The maximum absolute atomic E-state index is 12.1. The third-order valence-corrected chi connectivity index (χ3v) is 3.52. The van der Waals surface area contributed by atoms with Gasteiger partial charge in [0.05, 0.1) is 11.3 Å². The Balaban J connectivity index is 2.05. The fourth-order valence-corrected chi connectivity index (χ4v) is 2.02. The number of para-hydroxylation sites is 1. The van der Waals surface area contributed by atoms with Gasteiger partial charge in [-0.15, -0.1) is 0 Å². The molecule has 7 heteroatoms. The number of aromatic nitrogens is 1. The highest BCUT2D eigenvalue weighted by Gasteiger charge is 2.21. The summed E-state index contributed by atoms with van der Waals surface area (Å²) >= 11 is 5.86. The SMILES string of the molecule is Cc1cccc(C(=O)O[C@@H](C)C(=O)Nc2cccnc2Cl)c1N. The normalized spacial score (nSPS) is 11.6. The quantitative estimate of drug-likeness (QED) is 0.509. The molecule has 0 aliphatic carbocycles. The molecule has 2 rings (SSSR count). The fraction of sp³-hybridized carbons (Fsp3) is 0.188. The summed E-state index contributed by atoms with van der Waals surface area (Å²) in [6.07, 6.45) is 0.487. The molecule has 3 N–H and O–H groups in total. The number of ether oxygens (including phenoxy) is 1. The summed E-state index contributed by atoms with van der Waals surface area (Å²) in [7, 11) is 0. The Bertz CT molecular complexity index is 749. The van der Waals surface area contributed by atoms with E-state index in [4.69, 9.17) is 22.1 Å². The van der Waals surface area contributed by atoms with Crippen molar-refractivity contribution in [2.45, 2.75) is 20.0 Å². The topological polar surface area (TPSA) is 94.3 Å². The van der Waals surface area contributed by atoms with Gasteiger partial charge in [-0.05, 0) is 37.6 Å². The van der Waals surface area contributed by atoms with Crippen LogP contribution in [-0.4, -0.2) is 23.0 Å². The molecule has 1 heterocycles. The number of rotatable bonds is 4. The lowest BCUT2D eigenvalue weighted by Crippen LogP contribution is -2.30. The van der Waals surface area contributed by atoms with Crippen LogP contribution in [0.4, 0.5) is 11.4 Å². The van der Waals surface area contributed by atoms with E-state index in [9.17, 15) is 9.59 Å². The van der Waals surface area contributed by atoms with Gasteiger partial charge in [0.1, 0.15) is 0 Å². The number of halogens is 1. The van der Waals surface area contributed by atoms with Crippen LogP contribution in [0.5, 0.6) is 0 Å². The van der Waals surface area contributed by atoms with Crippen LogP contribution in [-0.2, 0) is 9.53 Å². The number of hydrogen-bond acceptors (Lipinski definition) is 5. The highest BCUT2D eigenvalue weighted by Crippen LogP contribution is 2.20. The highest BCUT2D eigenvalue weighted by molar-refractivity contribution is 6.32. The molecule has 0 saturated heterocycles. The van der Waals surface area contributed by atoms with Crippen molar-refractivity contribution in [3.05, 3.63) is 52.8 Å². The standard InChI is InChI=1S/C16H16ClN3O3/c1-9-5-3-6-11(13(9)18)16(22)23-10(2)15(21)20-12-7-4-8-19-14(12)17/h3-8,10H,18H2,1-2H3,(H,20,21)/t10-/m0/s1. The Morgan fingerprint density at radius 3 is 2.74 bits per heavy atom. The van der Waals surface area contributed by atoms with Crippen LogP contribution < -0.4 is 11.1 Å². The van der Waals surface area contributed by atoms with Crippen molar-refractivity contribution in [1.82, 2.24) is 4.98 Å². The molecule has 1 atom stereocenters. The summed E-state index contributed by atoms with van der Waals surface area (Å²) in [5.41, 5.74) is 7.52. The Morgan fingerprint density at radius 2 is 2.04 bits per heavy atom. The van der Waals surface area contributed by atoms with Gasteiger partial charge in [-0.3, -0.25) is 4.79 Å². The Kier molecular flexibility index (Phi) is 5.18. The predicted octanol–water partition coefficient (Wildman–Crippen LogP) is 2.81. The smallest absolute Gasteiger partial charge is 0.341 e. The van der Waals surface area contributed by atoms with Crippen LogP contribution in [0.1, 0.15) is 22.8 Å². The minimum atomic E-state index is -1.02. The second-order valence-electron chi connectivity index (χ2n) is 4.91. The van der Waals surface area contributed by atoms with E-state index in [0.717, 1.165) is 5.56 Å². The maximum Gasteiger partial charge on any atom is 0.341 e. The largest absolute Gasteiger partial charge is 0.449 e. The van der Waals surface area contributed by atoms with Gasteiger partial charge in [-0.25, -0.2) is 9.78 Å². The van der Waals surface area contributed by atoms with Crippen molar-refractivity contribution in [1.29, 1.82) is 0 Å². The molecular weight excluding hydrogens is 318 g/mol. The summed E-state index contributed by atoms with van der Waals surface area (Å²) < 4.78 is 5.15. The number of nitrogens with zero attached hydrogens (tertiary/aromatic N) is 1. The summed E-state index contributed by atoms with van der Waals surface area (Å²) in [5, 5.41) is 2.71. The number of carbonyl (C=O) groups is 2. The minimum Gasteiger partial charge on any atom is -0.449 e. The van der Waals surface area contributed by atoms with Gasteiger partial charge in [0.25, 0.3) is 5.91 Å². The number of hydrogen-bond donors (Lipinski definition) is 2. The van der Waals surface area contributed by atoms with Crippen LogP contribution >= 0.6 is 11.6 Å². The van der Waals surface area contributed by atoms with Crippen molar-refractivity contribution in [3.63, 3.8) is 0 Å². The number of amides is 1. The van der Waals surface area contributed by atoms with Gasteiger partial charge in [0.15, 0.2) is 11.3 Å². The highest BCUT2D eigenvalue weighted by atomic mass is 35.5. The zero-order chi connectivity index (χ0) is 17.0. The van der Waals surface area contributed by atoms with E-state index >= 15 is 0 Å². The molecule has 0 fully saturated rings. The second kappa shape index (κ2) is 7.11. The second-order valence-corrected chi connectivity index (χ2v) is 5.27. The van der Waals surface area contributed by atoms with E-state index in [1.165, 1.54) is 13.1 Å². The van der Waals surface area contributed by atoms with Gasteiger partial charge in [0.2, 0.25) is 0 Å². The number of pyridine rings is 1. The lowest BCUT2D eigenvalue weighted by atomic mass is 10.1. The average molecular weight is 334 g/mol. The summed E-state index contributed by atoms with van der Waals surface area (Å²) in [5.74, 6) is -1.18. The van der Waals surface area contributed by atoms with E-state index in [1.54, 1.807) is 37.3 Å². The molecule has 6 nitrogen and oxygen atoms in total. The number of anilines is 2. The summed E-state index contributed by atoms with van der Waals surface area (Å²) in [6.45, 7) is 3.25. The van der Waals surface area contributed by atoms with Gasteiger partial charge >= 0.3 is 5.97 Å². The Hall–Kier alpha value is -2.60. The first-order valence-electron chi connectivity index (χ1n) is 6.87. The molecule has 1 amide bonds. The van der Waals surface area contributed by atoms with Crippen molar-refractivity contribution >= 4 is 34.9 Å². The third-order valence-electron chi connectivity index (χ3n) is 3.21. The number of carbonyl (C=O) groups excluding carboxylic acids is 2. The molecule has 2 aromatic rings. The molecule has 23 heavy (non-hydrogen) atoms. The number of nitrogens with two attached hydrogens (primary N) is 1. The van der Waals surface area contributed by atoms with Crippen LogP contribution in [0, 0.1) is 6.92 Å². The molecular formula is C16H16ClN3O3. The monoisotopic (exact) mass is 333 g/mol. The number of esters is 1. The minimum absolute atomic E-state index is 0.155. The fourth-order valence-electron chi connectivity index (χ4n) is 1.85. The van der Waals surface area contributed by atoms with E-state index in [2.05, 4.69) is 10.3 Å². The van der Waals surface area contributed by atoms with Crippen LogP contribution in [0.3, 0.4) is 0 Å². The van der Waals surface area contributed by atoms with Gasteiger partial charge in [-0.2, -0.15) is 0 Å². The Morgan fingerprint density at radius 1 is 1.30 bits per heavy atom. The third kappa shape index (κ3) is 3.98. The van der Waals surface area contributed by atoms with Crippen LogP contribution in [0.25, 0.3) is 0 Å². The first-order chi connectivity index (χ1) is 10.9. The van der Waals surface area contributed by atoms with Gasteiger partial charge < -0.3 is 15.8 Å². The molecule has 0 spiro atoms. The first-order valence-corrected chi connectivity index (χ1v) is 7.25. The molecule has 0 aliphatic rings. The molecule has 0 saturated carbocycles. The molecule has 0 radical (unpaired) electrons. The van der Waals surface area contributed by atoms with E-state index in [1.807, 2.05) is 0 Å². The lowest BCUT2D eigenvalue weighted by Gasteiger charge is -2.15. The molecule has 1 aromatic heterocycles. The number of benzene rings is 1. The zero-order valence-corrected chi connectivity index (χ0v) is 13.4. The summed E-state index contributed by atoms with van der Waals surface area (Å²) in [6, 6.07) is 8.26. The van der Waals surface area contributed by atoms with Crippen molar-refractivity contribution < 1.29 is 14.3 Å². The number of aryl methyl sites for hydroxylation is 1. The molecule has 120 valence electrons. The Labute approximate surface area is 138 Å². The lowest BCUT2D eigenvalue weighted by molar-refractivity contribution is -0.123. The van der Waals surface area contributed by atoms with Crippen molar-refractivity contribution in [3.8, 4) is 0 Å². The van der Waals surface area contributed by atoms with E-state index in [0.29, 0.717) is 11.4 Å². The van der Waals surface area contributed by atoms with E-state index < -0.39 is 18.0 Å². The average Bonchev–Trinajstić information content (AvgIpc) is 2.52. The predicted molar refractivity (Wildman–Crippen MR) is 88.3 cm³/mol. The van der Waals surface area contributed by atoms with Crippen LogP contribution in [0.15, 0.2) is 36.5 Å². The van der Waals surface area contributed by atoms with Crippen LogP contribution in [0.2, 0.25) is 5.15 Å². The van der Waals surface area contributed by atoms with E-state index in [-0.39, 0.29) is 10.7 Å². The van der Waals surface area contributed by atoms with Gasteiger partial charge in [-0.1, -0.05) is 23.7 Å².